The normalized spacial score (nSPS) is 16.5. The standard InChI is InChI=1S/C26H31N5O3S/c1-6-21(35)28-16(2)24(33)30-23-25(34)31(15-20(32)26(3,4)5)19-13-8-7-11-17(19)22(29-23)18-12-9-10-14-27-18/h7-14,16,23H,6,15H2,1-5H3,(H,28,35)(H,30,33)/t16-,23?/m0/s1. The van der Waals surface area contributed by atoms with Gasteiger partial charge in [0.25, 0.3) is 5.91 Å². The average Bonchev–Trinajstić information content (AvgIpc) is 2.94. The molecule has 0 radical (unpaired) electrons. The highest BCUT2D eigenvalue weighted by Crippen LogP contribution is 2.29. The lowest BCUT2D eigenvalue weighted by molar-refractivity contribution is -0.129. The van der Waals surface area contributed by atoms with Crippen LogP contribution in [0.3, 0.4) is 0 Å². The molecule has 1 aromatic heterocycles. The van der Waals surface area contributed by atoms with Gasteiger partial charge in [-0.15, -0.1) is 0 Å². The second-order valence-electron chi connectivity index (χ2n) is 9.36. The lowest BCUT2D eigenvalue weighted by Crippen LogP contribution is -2.53. The monoisotopic (exact) mass is 493 g/mol. The number of hydrogen-bond acceptors (Lipinski definition) is 6. The summed E-state index contributed by atoms with van der Waals surface area (Å²) in [5.74, 6) is -1.05. The van der Waals surface area contributed by atoms with E-state index in [0.717, 1.165) is 0 Å². The molecule has 9 heteroatoms. The molecular weight excluding hydrogens is 462 g/mol. The predicted molar refractivity (Wildman–Crippen MR) is 141 cm³/mol. The number of carbonyl (C=O) groups is 3. The van der Waals surface area contributed by atoms with Crippen molar-refractivity contribution in [3.8, 4) is 0 Å². The van der Waals surface area contributed by atoms with Crippen LogP contribution < -0.4 is 15.5 Å². The minimum atomic E-state index is -1.25. The number of nitrogens with zero attached hydrogens (tertiary/aromatic N) is 3. The number of fused-ring (bicyclic) bond motifs is 1. The van der Waals surface area contributed by atoms with Gasteiger partial charge in [-0.05, 0) is 31.5 Å². The first-order valence-corrected chi connectivity index (χ1v) is 12.0. The molecular formula is C26H31N5O3S. The van der Waals surface area contributed by atoms with Crippen molar-refractivity contribution in [3.05, 3.63) is 59.9 Å². The van der Waals surface area contributed by atoms with Crippen LogP contribution in [0.15, 0.2) is 53.7 Å². The number of anilines is 1. The van der Waals surface area contributed by atoms with E-state index in [-0.39, 0.29) is 12.3 Å². The van der Waals surface area contributed by atoms with Crippen molar-refractivity contribution in [1.29, 1.82) is 0 Å². The summed E-state index contributed by atoms with van der Waals surface area (Å²) in [7, 11) is 0. The van der Waals surface area contributed by atoms with Gasteiger partial charge in [0.15, 0.2) is 5.78 Å². The maximum atomic E-state index is 13.8. The van der Waals surface area contributed by atoms with Crippen molar-refractivity contribution in [2.75, 3.05) is 11.4 Å². The van der Waals surface area contributed by atoms with E-state index in [9.17, 15) is 14.4 Å². The zero-order valence-electron chi connectivity index (χ0n) is 20.7. The van der Waals surface area contributed by atoms with Gasteiger partial charge in [0.2, 0.25) is 12.1 Å². The summed E-state index contributed by atoms with van der Waals surface area (Å²) < 4.78 is 0. The molecule has 1 aromatic carbocycles. The van der Waals surface area contributed by atoms with E-state index in [2.05, 4.69) is 20.6 Å². The Morgan fingerprint density at radius 2 is 1.83 bits per heavy atom. The number of amides is 2. The molecule has 35 heavy (non-hydrogen) atoms. The number of carbonyl (C=O) groups excluding carboxylic acids is 3. The minimum Gasteiger partial charge on any atom is -0.368 e. The van der Waals surface area contributed by atoms with E-state index in [4.69, 9.17) is 12.2 Å². The molecule has 2 amide bonds. The fourth-order valence-electron chi connectivity index (χ4n) is 3.44. The Kier molecular flexibility index (Phi) is 8.11. The molecule has 0 bridgehead atoms. The summed E-state index contributed by atoms with van der Waals surface area (Å²) in [6.07, 6.45) is 0.980. The molecule has 0 fully saturated rings. The first-order chi connectivity index (χ1) is 16.5. The smallest absolute Gasteiger partial charge is 0.272 e. The molecule has 3 rings (SSSR count). The summed E-state index contributed by atoms with van der Waals surface area (Å²) in [4.78, 5) is 50.8. The van der Waals surface area contributed by atoms with Crippen molar-refractivity contribution in [3.63, 3.8) is 0 Å². The van der Waals surface area contributed by atoms with E-state index < -0.39 is 29.4 Å². The molecule has 0 saturated carbocycles. The molecule has 1 aliphatic rings. The summed E-state index contributed by atoms with van der Waals surface area (Å²) in [6.45, 7) is 8.83. The van der Waals surface area contributed by atoms with Gasteiger partial charge in [0.05, 0.1) is 28.6 Å². The van der Waals surface area contributed by atoms with Crippen LogP contribution >= 0.6 is 12.2 Å². The minimum absolute atomic E-state index is 0.115. The van der Waals surface area contributed by atoms with Gasteiger partial charge in [-0.3, -0.25) is 19.4 Å². The molecule has 0 spiro atoms. The number of nitrogens with one attached hydrogen (secondary N) is 2. The highest BCUT2D eigenvalue weighted by molar-refractivity contribution is 7.80. The van der Waals surface area contributed by atoms with E-state index in [1.54, 1.807) is 37.4 Å². The maximum absolute atomic E-state index is 13.8. The van der Waals surface area contributed by atoms with Crippen LogP contribution in [-0.4, -0.2) is 52.0 Å². The van der Waals surface area contributed by atoms with Gasteiger partial charge in [0, 0.05) is 17.2 Å². The number of aromatic nitrogens is 1. The first kappa shape index (κ1) is 26.2. The number of para-hydroxylation sites is 1. The van der Waals surface area contributed by atoms with Crippen molar-refractivity contribution < 1.29 is 14.4 Å². The van der Waals surface area contributed by atoms with Crippen LogP contribution in [0.25, 0.3) is 0 Å². The summed E-state index contributed by atoms with van der Waals surface area (Å²) in [6, 6.07) is 12.0. The topological polar surface area (TPSA) is 104 Å². The van der Waals surface area contributed by atoms with E-state index >= 15 is 0 Å². The number of aliphatic imine (C=N–C) groups is 1. The number of rotatable bonds is 7. The van der Waals surface area contributed by atoms with Gasteiger partial charge >= 0.3 is 0 Å². The third-order valence-electron chi connectivity index (χ3n) is 5.62. The zero-order valence-corrected chi connectivity index (χ0v) is 21.5. The third kappa shape index (κ3) is 6.16. The van der Waals surface area contributed by atoms with Gasteiger partial charge in [0.1, 0.15) is 6.04 Å². The van der Waals surface area contributed by atoms with Gasteiger partial charge in [-0.2, -0.15) is 0 Å². The number of Topliss-reactive ketones (excluding diaryl/α,β-unsaturated/α-hetero) is 1. The molecule has 2 heterocycles. The molecule has 1 unspecified atom stereocenters. The molecule has 184 valence electrons. The van der Waals surface area contributed by atoms with Crippen molar-refractivity contribution in [2.24, 2.45) is 10.4 Å². The Morgan fingerprint density at radius 1 is 1.14 bits per heavy atom. The lowest BCUT2D eigenvalue weighted by Gasteiger charge is -2.28. The Bertz CT molecular complexity index is 1160. The number of benzodiazepines with no additional fused rings is 1. The number of thiocarbonyl (C=S) groups is 1. The van der Waals surface area contributed by atoms with Gasteiger partial charge < -0.3 is 15.5 Å². The van der Waals surface area contributed by atoms with Crippen molar-refractivity contribution in [2.45, 2.75) is 53.2 Å². The number of benzene rings is 1. The quantitative estimate of drug-likeness (QED) is 0.575. The Balaban J connectivity index is 2.08. The molecule has 8 nitrogen and oxygen atoms in total. The van der Waals surface area contributed by atoms with E-state index in [0.29, 0.717) is 34.1 Å². The van der Waals surface area contributed by atoms with Gasteiger partial charge in [-0.1, -0.05) is 64.2 Å². The molecule has 0 aliphatic carbocycles. The second-order valence-corrected chi connectivity index (χ2v) is 9.85. The molecule has 2 aromatic rings. The first-order valence-electron chi connectivity index (χ1n) is 11.6. The summed E-state index contributed by atoms with van der Waals surface area (Å²) in [5.41, 5.74) is 1.54. The fraction of sp³-hybridized carbons (Fsp3) is 0.385. The molecule has 0 saturated heterocycles. The van der Waals surface area contributed by atoms with Crippen LogP contribution in [-0.2, 0) is 14.4 Å². The average molecular weight is 494 g/mol. The van der Waals surface area contributed by atoms with Crippen molar-refractivity contribution >= 4 is 46.2 Å². The van der Waals surface area contributed by atoms with Crippen LogP contribution in [0.4, 0.5) is 5.69 Å². The van der Waals surface area contributed by atoms with Crippen LogP contribution in [0.1, 0.15) is 52.3 Å². The Hall–Kier alpha value is -3.46. The van der Waals surface area contributed by atoms with Crippen LogP contribution in [0.5, 0.6) is 0 Å². The zero-order chi connectivity index (χ0) is 25.8. The second kappa shape index (κ2) is 10.9. The van der Waals surface area contributed by atoms with Crippen LogP contribution in [0, 0.1) is 5.41 Å². The Morgan fingerprint density at radius 3 is 2.46 bits per heavy atom. The van der Waals surface area contributed by atoms with E-state index in [1.807, 2.05) is 45.9 Å². The lowest BCUT2D eigenvalue weighted by atomic mass is 9.90. The molecule has 2 atom stereocenters. The summed E-state index contributed by atoms with van der Waals surface area (Å²) in [5, 5.41) is 5.69. The highest BCUT2D eigenvalue weighted by Gasteiger charge is 2.36. The third-order valence-corrected chi connectivity index (χ3v) is 6.03. The number of ketones is 1. The van der Waals surface area contributed by atoms with Crippen LogP contribution in [0.2, 0.25) is 0 Å². The molecule has 1 aliphatic heterocycles. The number of pyridine rings is 1. The number of hydrogen-bond donors (Lipinski definition) is 2. The summed E-state index contributed by atoms with van der Waals surface area (Å²) >= 11 is 5.19. The van der Waals surface area contributed by atoms with Crippen molar-refractivity contribution in [1.82, 2.24) is 15.6 Å². The Labute approximate surface area is 211 Å². The maximum Gasteiger partial charge on any atom is 0.272 e. The molecule has 2 N–H and O–H groups in total. The highest BCUT2D eigenvalue weighted by atomic mass is 32.1. The largest absolute Gasteiger partial charge is 0.368 e. The predicted octanol–water partition coefficient (Wildman–Crippen LogP) is 3.04. The fourth-order valence-corrected chi connectivity index (χ4v) is 3.62. The SMILES string of the molecule is CCC(=S)N[C@@H](C)C(=O)NC1N=C(c2ccccn2)c2ccccc2N(CC(=O)C(C)(C)C)C1=O. The van der Waals surface area contributed by atoms with Gasteiger partial charge in [-0.25, -0.2) is 4.99 Å². The van der Waals surface area contributed by atoms with E-state index in [1.165, 1.54) is 4.90 Å².